The van der Waals surface area contributed by atoms with Crippen LogP contribution < -0.4 is 0 Å². The first-order valence-corrected chi connectivity index (χ1v) is 7.57. The standard InChI is InChI=1S/C9H21N3O3Si/c1-5-8-16(13-6-2,14-7-3)15-9(4)11-12-10/h9H,5-8H2,1-4H3. The van der Waals surface area contributed by atoms with Crippen molar-refractivity contribution in [3.8, 4) is 0 Å². The molecule has 0 bridgehead atoms. The summed E-state index contributed by atoms with van der Waals surface area (Å²) in [6.45, 7) is 8.61. The van der Waals surface area contributed by atoms with Crippen LogP contribution in [0.2, 0.25) is 6.04 Å². The highest BCUT2D eigenvalue weighted by atomic mass is 28.4. The lowest BCUT2D eigenvalue weighted by Gasteiger charge is -2.30. The van der Waals surface area contributed by atoms with Gasteiger partial charge in [0, 0.05) is 24.2 Å². The highest BCUT2D eigenvalue weighted by molar-refractivity contribution is 6.60. The van der Waals surface area contributed by atoms with Crippen molar-refractivity contribution >= 4 is 8.80 Å². The Balaban J connectivity index is 4.63. The van der Waals surface area contributed by atoms with Crippen molar-refractivity contribution in [1.29, 1.82) is 0 Å². The maximum Gasteiger partial charge on any atom is 0.501 e. The molecule has 1 atom stereocenters. The minimum atomic E-state index is -2.66. The first-order valence-electron chi connectivity index (χ1n) is 5.64. The van der Waals surface area contributed by atoms with Gasteiger partial charge in [0.05, 0.1) is 0 Å². The van der Waals surface area contributed by atoms with Gasteiger partial charge in [-0.2, -0.15) is 0 Å². The van der Waals surface area contributed by atoms with Gasteiger partial charge in [0.25, 0.3) is 0 Å². The fourth-order valence-electron chi connectivity index (χ4n) is 1.42. The van der Waals surface area contributed by atoms with Crippen LogP contribution in [0.4, 0.5) is 0 Å². The minimum Gasteiger partial charge on any atom is -0.374 e. The van der Waals surface area contributed by atoms with Crippen molar-refractivity contribution in [2.45, 2.75) is 46.4 Å². The van der Waals surface area contributed by atoms with E-state index >= 15 is 0 Å². The van der Waals surface area contributed by atoms with Gasteiger partial charge in [-0.1, -0.05) is 18.5 Å². The van der Waals surface area contributed by atoms with E-state index in [1.807, 2.05) is 20.8 Å². The molecule has 0 saturated carbocycles. The Bertz CT molecular complexity index is 217. The lowest BCUT2D eigenvalue weighted by molar-refractivity contribution is 0.0405. The quantitative estimate of drug-likeness (QED) is 0.272. The zero-order chi connectivity index (χ0) is 12.4. The minimum absolute atomic E-state index is 0.537. The molecule has 7 heteroatoms. The SMILES string of the molecule is CCC[Si](OCC)(OCC)OC(C)N=[N+]=[N-]. The maximum absolute atomic E-state index is 8.34. The Hall–Kier alpha value is -0.593. The summed E-state index contributed by atoms with van der Waals surface area (Å²) in [5.74, 6) is 0. The number of rotatable bonds is 9. The first-order chi connectivity index (χ1) is 7.64. The summed E-state index contributed by atoms with van der Waals surface area (Å²) in [5, 5.41) is 3.49. The maximum atomic E-state index is 8.34. The molecular weight excluding hydrogens is 226 g/mol. The van der Waals surface area contributed by atoms with Crippen molar-refractivity contribution in [3.63, 3.8) is 0 Å². The summed E-state index contributed by atoms with van der Waals surface area (Å²) in [4.78, 5) is 2.71. The topological polar surface area (TPSA) is 76.5 Å². The van der Waals surface area contributed by atoms with Crippen LogP contribution in [-0.2, 0) is 13.3 Å². The Morgan fingerprint density at radius 3 is 2.19 bits per heavy atom. The molecule has 0 aliphatic heterocycles. The summed E-state index contributed by atoms with van der Waals surface area (Å²) in [6.07, 6.45) is 0.358. The summed E-state index contributed by atoms with van der Waals surface area (Å²) in [5.41, 5.74) is 8.34. The molecule has 16 heavy (non-hydrogen) atoms. The summed E-state index contributed by atoms with van der Waals surface area (Å²) < 4.78 is 17.0. The van der Waals surface area contributed by atoms with Crippen LogP contribution in [0.5, 0.6) is 0 Å². The van der Waals surface area contributed by atoms with E-state index in [0.717, 1.165) is 12.5 Å². The van der Waals surface area contributed by atoms with Crippen molar-refractivity contribution < 1.29 is 13.3 Å². The lowest BCUT2D eigenvalue weighted by Crippen LogP contribution is -2.47. The van der Waals surface area contributed by atoms with Crippen LogP contribution in [0.25, 0.3) is 10.4 Å². The van der Waals surface area contributed by atoms with E-state index in [9.17, 15) is 0 Å². The van der Waals surface area contributed by atoms with Gasteiger partial charge in [-0.25, -0.2) is 0 Å². The summed E-state index contributed by atoms with van der Waals surface area (Å²) >= 11 is 0. The van der Waals surface area contributed by atoms with Crippen LogP contribution in [0.15, 0.2) is 5.11 Å². The number of hydrogen-bond acceptors (Lipinski definition) is 4. The molecule has 0 radical (unpaired) electrons. The van der Waals surface area contributed by atoms with E-state index in [4.69, 9.17) is 18.8 Å². The third-order valence-corrected chi connectivity index (χ3v) is 5.12. The molecule has 0 amide bonds. The van der Waals surface area contributed by atoms with E-state index < -0.39 is 15.0 Å². The van der Waals surface area contributed by atoms with Gasteiger partial charge in [-0.3, -0.25) is 0 Å². The molecule has 0 aromatic rings. The monoisotopic (exact) mass is 247 g/mol. The van der Waals surface area contributed by atoms with Crippen LogP contribution in [0, 0.1) is 0 Å². The number of azide groups is 1. The Morgan fingerprint density at radius 2 is 1.81 bits per heavy atom. The molecule has 0 heterocycles. The van der Waals surface area contributed by atoms with Crippen LogP contribution in [-0.4, -0.2) is 28.2 Å². The van der Waals surface area contributed by atoms with Gasteiger partial charge < -0.3 is 13.3 Å². The summed E-state index contributed by atoms with van der Waals surface area (Å²) in [6, 6.07) is 0.736. The summed E-state index contributed by atoms with van der Waals surface area (Å²) in [7, 11) is -2.66. The Morgan fingerprint density at radius 1 is 1.25 bits per heavy atom. The molecular formula is C9H21N3O3Si. The van der Waals surface area contributed by atoms with Crippen molar-refractivity contribution in [3.05, 3.63) is 10.4 Å². The third-order valence-electron chi connectivity index (χ3n) is 1.85. The average molecular weight is 247 g/mol. The normalized spacial score (nSPS) is 13.2. The molecule has 0 fully saturated rings. The smallest absolute Gasteiger partial charge is 0.374 e. The second-order valence-electron chi connectivity index (χ2n) is 3.22. The molecule has 0 aliphatic rings. The van der Waals surface area contributed by atoms with Gasteiger partial charge >= 0.3 is 8.80 Å². The second-order valence-corrected chi connectivity index (χ2v) is 5.90. The van der Waals surface area contributed by atoms with Gasteiger partial charge in [0.1, 0.15) is 6.23 Å². The largest absolute Gasteiger partial charge is 0.501 e. The zero-order valence-electron chi connectivity index (χ0n) is 10.5. The van der Waals surface area contributed by atoms with Gasteiger partial charge in [0.2, 0.25) is 0 Å². The van der Waals surface area contributed by atoms with Crippen LogP contribution in [0.1, 0.15) is 34.1 Å². The van der Waals surface area contributed by atoms with Crippen molar-refractivity contribution in [1.82, 2.24) is 0 Å². The molecule has 0 spiro atoms. The predicted molar refractivity (Wildman–Crippen MR) is 63.8 cm³/mol. The van der Waals surface area contributed by atoms with E-state index in [0.29, 0.717) is 13.2 Å². The molecule has 0 N–H and O–H groups in total. The second kappa shape index (κ2) is 8.55. The molecule has 6 nitrogen and oxygen atoms in total. The predicted octanol–water partition coefficient (Wildman–Crippen LogP) is 3.08. The fraction of sp³-hybridized carbons (Fsp3) is 1.00. The zero-order valence-corrected chi connectivity index (χ0v) is 11.5. The fourth-order valence-corrected chi connectivity index (χ4v) is 4.10. The average Bonchev–Trinajstić information content (AvgIpc) is 2.18. The Labute approximate surface area is 97.9 Å². The highest BCUT2D eigenvalue weighted by Gasteiger charge is 2.41. The molecule has 0 aromatic carbocycles. The van der Waals surface area contributed by atoms with E-state index in [2.05, 4.69) is 10.0 Å². The van der Waals surface area contributed by atoms with Gasteiger partial charge in [-0.05, 0) is 26.3 Å². The van der Waals surface area contributed by atoms with Crippen molar-refractivity contribution in [2.24, 2.45) is 5.11 Å². The molecule has 0 aromatic heterocycles. The first kappa shape index (κ1) is 15.4. The molecule has 0 rings (SSSR count). The van der Waals surface area contributed by atoms with Gasteiger partial charge in [0.15, 0.2) is 0 Å². The number of nitrogens with zero attached hydrogens (tertiary/aromatic N) is 3. The van der Waals surface area contributed by atoms with Crippen LogP contribution >= 0.6 is 0 Å². The molecule has 0 saturated heterocycles. The van der Waals surface area contributed by atoms with Crippen molar-refractivity contribution in [2.75, 3.05) is 13.2 Å². The molecule has 94 valence electrons. The van der Waals surface area contributed by atoms with Crippen LogP contribution in [0.3, 0.4) is 0 Å². The molecule has 1 unspecified atom stereocenters. The van der Waals surface area contributed by atoms with Gasteiger partial charge in [-0.15, -0.1) is 0 Å². The third kappa shape index (κ3) is 5.48. The Kier molecular flexibility index (Phi) is 8.23. The molecule has 0 aliphatic carbocycles. The number of hydrogen-bond donors (Lipinski definition) is 0. The van der Waals surface area contributed by atoms with E-state index in [1.54, 1.807) is 6.92 Å². The van der Waals surface area contributed by atoms with E-state index in [1.165, 1.54) is 0 Å². The van der Waals surface area contributed by atoms with E-state index in [-0.39, 0.29) is 0 Å². The highest BCUT2D eigenvalue weighted by Crippen LogP contribution is 2.20. The lowest BCUT2D eigenvalue weighted by atomic mass is 10.6.